The van der Waals surface area contributed by atoms with E-state index in [2.05, 4.69) is 20.9 Å². The number of hydrogen-bond donors (Lipinski definition) is 9. The van der Waals surface area contributed by atoms with Crippen molar-refractivity contribution in [1.82, 2.24) is 16.0 Å². The Morgan fingerprint density at radius 1 is 0.608 bits per heavy atom. The molecular formula is C26H45F10N7O8. The summed E-state index contributed by atoms with van der Waals surface area (Å²) in [6.07, 6.45) is -9.17. The van der Waals surface area contributed by atoms with Crippen LogP contribution in [-0.2, 0) is 24.0 Å². The summed E-state index contributed by atoms with van der Waals surface area (Å²) in [7, 11) is 0. The van der Waals surface area contributed by atoms with Gasteiger partial charge in [0.2, 0.25) is 0 Å². The van der Waals surface area contributed by atoms with Crippen LogP contribution in [0.4, 0.5) is 43.9 Å². The van der Waals surface area contributed by atoms with E-state index < -0.39 is 54.4 Å². The number of nitrogens with two attached hydrogens (primary N) is 3. The summed E-state index contributed by atoms with van der Waals surface area (Å²) in [5, 5.41) is 29.6. The average Bonchev–Trinajstić information content (AvgIpc) is 2.98. The smallest absolute Gasteiger partial charge is 0.475 e. The largest absolute Gasteiger partial charge is 0.490 e. The van der Waals surface area contributed by atoms with E-state index in [0.717, 1.165) is 70.9 Å². The van der Waals surface area contributed by atoms with Crippen molar-refractivity contribution in [1.29, 1.82) is 0 Å². The van der Waals surface area contributed by atoms with E-state index in [9.17, 15) is 53.5 Å². The van der Waals surface area contributed by atoms with Gasteiger partial charge in [-0.05, 0) is 52.1 Å². The molecule has 25 heteroatoms. The number of alkyl halides is 10. The maximum absolute atomic E-state index is 13.9. The highest BCUT2D eigenvalue weighted by Gasteiger charge is 2.39. The van der Waals surface area contributed by atoms with E-state index in [0.29, 0.717) is 19.6 Å². The SMILES string of the molecule is CC(N)CCNCCCCNC(=O)C(F)C(=O)NCCCCCCCCN=C(N)N.O=C(O)C(F)(F)F.O=C(O)C(F)(F)F.O=C(O)C(F)(F)F. The van der Waals surface area contributed by atoms with Crippen molar-refractivity contribution < 1.29 is 83.2 Å². The summed E-state index contributed by atoms with van der Waals surface area (Å²) < 4.78 is 109. The molecule has 0 aliphatic rings. The number of unbranched alkanes of at least 4 members (excludes halogenated alkanes) is 6. The van der Waals surface area contributed by atoms with E-state index in [4.69, 9.17) is 46.9 Å². The average molecular weight is 774 g/mol. The number of aliphatic imine (C=N–C) groups is 1. The summed E-state index contributed by atoms with van der Waals surface area (Å²) in [5.41, 5.74) is 16.1. The highest BCUT2D eigenvalue weighted by Crippen LogP contribution is 2.14. The van der Waals surface area contributed by atoms with Crippen LogP contribution in [0.3, 0.4) is 0 Å². The molecule has 51 heavy (non-hydrogen) atoms. The standard InChI is InChI=1S/C20H42FN7O2.3C2HF3O2/c1-16(22)10-15-25-11-8-9-13-27-19(30)17(21)18(29)26-12-6-4-2-3-5-7-14-28-20(23)24;3*3-2(4,5)1(6)7/h16-17,25H,2-15,22H2,1H3,(H,26,29)(H,27,30)(H4,23,24,28);3*(H,6,7). The number of aliphatic carboxylic acids is 3. The molecule has 12 N–H and O–H groups in total. The predicted octanol–water partition coefficient (Wildman–Crippen LogP) is 2.18. The van der Waals surface area contributed by atoms with Gasteiger partial charge >= 0.3 is 36.4 Å². The fraction of sp³-hybridized carbons (Fsp3) is 0.769. The zero-order valence-corrected chi connectivity index (χ0v) is 27.4. The third-order valence-corrected chi connectivity index (χ3v) is 5.22. The Balaban J connectivity index is -0.000000421. The zero-order chi connectivity index (χ0) is 40.8. The molecule has 302 valence electrons. The molecule has 15 nitrogen and oxygen atoms in total. The predicted molar refractivity (Wildman–Crippen MR) is 161 cm³/mol. The molecule has 0 aromatic heterocycles. The second kappa shape index (κ2) is 29.6. The van der Waals surface area contributed by atoms with Gasteiger partial charge in [-0.1, -0.05) is 25.7 Å². The third-order valence-electron chi connectivity index (χ3n) is 5.22. The van der Waals surface area contributed by atoms with Gasteiger partial charge in [0, 0.05) is 25.7 Å². The number of carboxylic acid groups (broad SMARTS) is 3. The first-order valence-corrected chi connectivity index (χ1v) is 14.8. The number of carbonyl (C=O) groups is 5. The summed E-state index contributed by atoms with van der Waals surface area (Å²) >= 11 is 0. The Kier molecular flexibility index (Phi) is 31.1. The molecule has 0 aromatic carbocycles. The van der Waals surface area contributed by atoms with Gasteiger partial charge < -0.3 is 48.5 Å². The van der Waals surface area contributed by atoms with Crippen LogP contribution in [0.2, 0.25) is 0 Å². The molecule has 0 aliphatic heterocycles. The number of guanidine groups is 1. The first-order chi connectivity index (χ1) is 23.2. The van der Waals surface area contributed by atoms with Crippen molar-refractivity contribution in [2.45, 2.75) is 95.5 Å². The maximum Gasteiger partial charge on any atom is 0.490 e. The monoisotopic (exact) mass is 773 g/mol. The van der Waals surface area contributed by atoms with Crippen LogP contribution >= 0.6 is 0 Å². The Labute approximate surface area is 285 Å². The second-order valence-corrected chi connectivity index (χ2v) is 10.0. The third kappa shape index (κ3) is 41.9. The minimum atomic E-state index is -5.08. The van der Waals surface area contributed by atoms with Gasteiger partial charge in [-0.15, -0.1) is 0 Å². The Hall–Kier alpha value is -4.16. The van der Waals surface area contributed by atoms with Gasteiger partial charge in [0.15, 0.2) is 5.96 Å². The number of hydrogen-bond acceptors (Lipinski definition) is 8. The van der Waals surface area contributed by atoms with Gasteiger partial charge in [-0.25, -0.2) is 18.8 Å². The van der Waals surface area contributed by atoms with Crippen LogP contribution in [0.15, 0.2) is 4.99 Å². The minimum Gasteiger partial charge on any atom is -0.475 e. The van der Waals surface area contributed by atoms with Crippen molar-refractivity contribution in [3.63, 3.8) is 0 Å². The molecule has 0 saturated heterocycles. The van der Waals surface area contributed by atoms with Crippen LogP contribution in [-0.4, -0.2) is 114 Å². The summed E-state index contributed by atoms with van der Waals surface area (Å²) in [6.45, 7) is 5.00. The molecule has 0 heterocycles. The van der Waals surface area contributed by atoms with Crippen LogP contribution in [0.25, 0.3) is 0 Å². The van der Waals surface area contributed by atoms with E-state index in [1.807, 2.05) is 6.92 Å². The summed E-state index contributed by atoms with van der Waals surface area (Å²) in [5.74, 6) is -9.90. The van der Waals surface area contributed by atoms with Crippen molar-refractivity contribution >= 4 is 35.7 Å². The topological polar surface area (TPSA) is 273 Å². The quantitative estimate of drug-likeness (QED) is 0.0301. The first-order valence-electron chi connectivity index (χ1n) is 14.8. The van der Waals surface area contributed by atoms with E-state index in [1.165, 1.54) is 0 Å². The second-order valence-electron chi connectivity index (χ2n) is 10.0. The lowest BCUT2D eigenvalue weighted by molar-refractivity contribution is -0.193. The molecule has 0 aliphatic carbocycles. The zero-order valence-electron chi connectivity index (χ0n) is 27.4. The molecule has 0 bridgehead atoms. The first kappa shape index (κ1) is 53.6. The van der Waals surface area contributed by atoms with Crippen molar-refractivity contribution in [2.75, 3.05) is 32.7 Å². The molecule has 0 rings (SSSR count). The van der Waals surface area contributed by atoms with Crippen molar-refractivity contribution in [3.8, 4) is 0 Å². The van der Waals surface area contributed by atoms with E-state index in [-0.39, 0.29) is 12.0 Å². The van der Waals surface area contributed by atoms with Gasteiger partial charge in [-0.2, -0.15) is 39.5 Å². The van der Waals surface area contributed by atoms with Crippen LogP contribution in [0, 0.1) is 0 Å². The number of nitrogens with one attached hydrogen (secondary N) is 3. The molecular weight excluding hydrogens is 728 g/mol. The molecule has 0 saturated carbocycles. The summed E-state index contributed by atoms with van der Waals surface area (Å²) in [4.78, 5) is 54.0. The van der Waals surface area contributed by atoms with Gasteiger partial charge in [-0.3, -0.25) is 14.6 Å². The number of rotatable bonds is 19. The minimum absolute atomic E-state index is 0.117. The molecule has 0 radical (unpaired) electrons. The van der Waals surface area contributed by atoms with Gasteiger partial charge in [0.25, 0.3) is 18.0 Å². The van der Waals surface area contributed by atoms with Crippen LogP contribution < -0.4 is 33.2 Å². The molecule has 2 amide bonds. The number of carboxylic acids is 3. The lowest BCUT2D eigenvalue weighted by Crippen LogP contribution is -2.43. The fourth-order valence-electron chi connectivity index (χ4n) is 2.70. The Bertz CT molecular complexity index is 969. The highest BCUT2D eigenvalue weighted by molar-refractivity contribution is 6.03. The number of halogens is 10. The molecule has 2 unspecified atom stereocenters. The van der Waals surface area contributed by atoms with E-state index in [1.54, 1.807) is 0 Å². The normalized spacial score (nSPS) is 12.2. The maximum atomic E-state index is 13.9. The molecule has 0 aromatic rings. The van der Waals surface area contributed by atoms with Gasteiger partial charge in [0.1, 0.15) is 0 Å². The number of nitrogens with zero attached hydrogens (tertiary/aromatic N) is 1. The molecule has 0 spiro atoms. The van der Waals surface area contributed by atoms with Crippen LogP contribution in [0.1, 0.15) is 64.7 Å². The Morgan fingerprint density at radius 3 is 1.25 bits per heavy atom. The highest BCUT2D eigenvalue weighted by atomic mass is 19.4. The van der Waals surface area contributed by atoms with Crippen molar-refractivity contribution in [3.05, 3.63) is 0 Å². The van der Waals surface area contributed by atoms with E-state index >= 15 is 0 Å². The van der Waals surface area contributed by atoms with Crippen molar-refractivity contribution in [2.24, 2.45) is 22.2 Å². The lowest BCUT2D eigenvalue weighted by atomic mass is 10.1. The number of carbonyl (C=O) groups excluding carboxylic acids is 2. The molecule has 0 fully saturated rings. The lowest BCUT2D eigenvalue weighted by Gasteiger charge is -2.11. The Morgan fingerprint density at radius 2 is 0.922 bits per heavy atom. The number of amides is 2. The molecule has 2 atom stereocenters. The van der Waals surface area contributed by atoms with Gasteiger partial charge in [0.05, 0.1) is 0 Å². The summed E-state index contributed by atoms with van der Waals surface area (Å²) in [6, 6.07) is 0.178. The fourth-order valence-corrected chi connectivity index (χ4v) is 2.70. The van der Waals surface area contributed by atoms with Crippen LogP contribution in [0.5, 0.6) is 0 Å².